The minimum Gasteiger partial charge on any atom is -0.325 e. The Morgan fingerprint density at radius 3 is 2.58 bits per heavy atom. The minimum atomic E-state index is -0.304. The number of aryl methyl sites for hydroxylation is 3. The number of hydrogen-bond acceptors (Lipinski definition) is 4. The number of nitrogens with zero attached hydrogens (tertiary/aromatic N) is 3. The van der Waals surface area contributed by atoms with Gasteiger partial charge in [-0.15, -0.1) is 10.2 Å². The van der Waals surface area contributed by atoms with Crippen molar-refractivity contribution in [3.05, 3.63) is 65.2 Å². The van der Waals surface area contributed by atoms with Crippen LogP contribution in [0, 0.1) is 26.6 Å². The average Bonchev–Trinajstić information content (AvgIpc) is 2.98. The molecule has 0 spiro atoms. The van der Waals surface area contributed by atoms with Crippen LogP contribution in [-0.4, -0.2) is 26.4 Å². The fourth-order valence-electron chi connectivity index (χ4n) is 2.51. The van der Waals surface area contributed by atoms with Crippen LogP contribution in [0.25, 0.3) is 5.69 Å². The van der Waals surface area contributed by atoms with Gasteiger partial charge in [-0.3, -0.25) is 9.36 Å². The second-order valence-electron chi connectivity index (χ2n) is 6.00. The summed E-state index contributed by atoms with van der Waals surface area (Å²) in [6, 6.07) is 12.0. The highest BCUT2D eigenvalue weighted by Gasteiger charge is 2.14. The Morgan fingerprint density at radius 2 is 1.85 bits per heavy atom. The monoisotopic (exact) mass is 370 g/mol. The maximum absolute atomic E-state index is 13.2. The summed E-state index contributed by atoms with van der Waals surface area (Å²) < 4.78 is 15.0. The van der Waals surface area contributed by atoms with Crippen molar-refractivity contribution in [3.8, 4) is 5.69 Å². The molecule has 3 aromatic rings. The van der Waals surface area contributed by atoms with E-state index in [1.54, 1.807) is 16.7 Å². The molecule has 7 heteroatoms. The van der Waals surface area contributed by atoms with E-state index in [4.69, 9.17) is 0 Å². The SMILES string of the molecule is Cc1ccc(C)c(NC(=O)CSc2nnc(C)n2-c2ccc(F)cc2)c1. The Kier molecular flexibility index (Phi) is 5.37. The standard InChI is InChI=1S/C19H19FN4OS/c1-12-4-5-13(2)17(10-12)21-18(25)11-26-19-23-22-14(3)24(19)16-8-6-15(20)7-9-16/h4-10H,11H2,1-3H3,(H,21,25). The number of carbonyl (C=O) groups is 1. The first-order valence-electron chi connectivity index (χ1n) is 8.12. The average molecular weight is 370 g/mol. The predicted octanol–water partition coefficient (Wildman–Crippen LogP) is 4.06. The Balaban J connectivity index is 1.71. The molecule has 0 saturated carbocycles. The molecule has 0 aliphatic rings. The molecular weight excluding hydrogens is 351 g/mol. The number of nitrogens with one attached hydrogen (secondary N) is 1. The molecule has 3 rings (SSSR count). The summed E-state index contributed by atoms with van der Waals surface area (Å²) in [7, 11) is 0. The van der Waals surface area contributed by atoms with Crippen LogP contribution in [0.5, 0.6) is 0 Å². The zero-order valence-electron chi connectivity index (χ0n) is 14.8. The highest BCUT2D eigenvalue weighted by Crippen LogP contribution is 2.23. The second-order valence-corrected chi connectivity index (χ2v) is 6.94. The summed E-state index contributed by atoms with van der Waals surface area (Å²) in [6.07, 6.45) is 0. The number of hydrogen-bond donors (Lipinski definition) is 1. The van der Waals surface area contributed by atoms with Gasteiger partial charge in [0.1, 0.15) is 11.6 Å². The van der Waals surface area contributed by atoms with E-state index in [0.29, 0.717) is 11.0 Å². The van der Waals surface area contributed by atoms with E-state index in [0.717, 1.165) is 22.5 Å². The molecule has 134 valence electrons. The number of thioether (sulfide) groups is 1. The van der Waals surface area contributed by atoms with Crippen LogP contribution in [-0.2, 0) is 4.79 Å². The minimum absolute atomic E-state index is 0.116. The fraction of sp³-hybridized carbons (Fsp3) is 0.211. The van der Waals surface area contributed by atoms with Crippen molar-refractivity contribution in [1.82, 2.24) is 14.8 Å². The van der Waals surface area contributed by atoms with Crippen molar-refractivity contribution in [1.29, 1.82) is 0 Å². The Hall–Kier alpha value is -2.67. The molecule has 1 aromatic heterocycles. The first-order valence-corrected chi connectivity index (χ1v) is 9.10. The van der Waals surface area contributed by atoms with Crippen LogP contribution >= 0.6 is 11.8 Å². The molecule has 0 radical (unpaired) electrons. The Labute approximate surface area is 155 Å². The third-order valence-corrected chi connectivity index (χ3v) is 4.81. The van der Waals surface area contributed by atoms with Gasteiger partial charge in [0.05, 0.1) is 5.75 Å². The summed E-state index contributed by atoms with van der Waals surface area (Å²) in [5.74, 6) is 0.456. The van der Waals surface area contributed by atoms with E-state index in [9.17, 15) is 9.18 Å². The third kappa shape index (κ3) is 4.11. The van der Waals surface area contributed by atoms with Crippen molar-refractivity contribution in [2.75, 3.05) is 11.1 Å². The Morgan fingerprint density at radius 1 is 1.12 bits per heavy atom. The lowest BCUT2D eigenvalue weighted by atomic mass is 10.1. The largest absolute Gasteiger partial charge is 0.325 e. The number of halogens is 1. The summed E-state index contributed by atoms with van der Waals surface area (Å²) in [4.78, 5) is 12.3. The molecule has 1 heterocycles. The van der Waals surface area contributed by atoms with Crippen LogP contribution in [0.2, 0.25) is 0 Å². The lowest BCUT2D eigenvalue weighted by molar-refractivity contribution is -0.113. The molecule has 1 amide bonds. The molecule has 2 aromatic carbocycles. The molecule has 1 N–H and O–H groups in total. The van der Waals surface area contributed by atoms with Crippen LogP contribution in [0.1, 0.15) is 17.0 Å². The molecule has 0 aliphatic carbocycles. The number of aromatic nitrogens is 3. The quantitative estimate of drug-likeness (QED) is 0.688. The maximum Gasteiger partial charge on any atom is 0.234 e. The van der Waals surface area contributed by atoms with Crippen molar-refractivity contribution < 1.29 is 9.18 Å². The van der Waals surface area contributed by atoms with E-state index < -0.39 is 0 Å². The first-order chi connectivity index (χ1) is 12.4. The van der Waals surface area contributed by atoms with Gasteiger partial charge in [-0.05, 0) is 62.2 Å². The van der Waals surface area contributed by atoms with E-state index in [2.05, 4.69) is 15.5 Å². The molecule has 0 aliphatic heterocycles. The van der Waals surface area contributed by atoms with Gasteiger partial charge in [-0.2, -0.15) is 0 Å². The second kappa shape index (κ2) is 7.70. The van der Waals surface area contributed by atoms with Crippen LogP contribution in [0.4, 0.5) is 10.1 Å². The molecule has 26 heavy (non-hydrogen) atoms. The summed E-state index contributed by atoms with van der Waals surface area (Å²) in [5, 5.41) is 11.7. The first kappa shape index (κ1) is 18.1. The Bertz CT molecular complexity index is 937. The number of rotatable bonds is 5. The highest BCUT2D eigenvalue weighted by atomic mass is 32.2. The van der Waals surface area contributed by atoms with E-state index in [-0.39, 0.29) is 17.5 Å². The van der Waals surface area contributed by atoms with Gasteiger partial charge in [0, 0.05) is 11.4 Å². The molecular formula is C19H19FN4OS. The van der Waals surface area contributed by atoms with Gasteiger partial charge in [0.2, 0.25) is 5.91 Å². The lowest BCUT2D eigenvalue weighted by Gasteiger charge is -2.10. The molecule has 0 unspecified atom stereocenters. The lowest BCUT2D eigenvalue weighted by Crippen LogP contribution is -2.15. The highest BCUT2D eigenvalue weighted by molar-refractivity contribution is 7.99. The number of amides is 1. The van der Waals surface area contributed by atoms with Gasteiger partial charge in [0.25, 0.3) is 0 Å². The number of benzene rings is 2. The molecule has 0 atom stereocenters. The zero-order chi connectivity index (χ0) is 18.7. The summed E-state index contributed by atoms with van der Waals surface area (Å²) >= 11 is 1.29. The van der Waals surface area contributed by atoms with Gasteiger partial charge in [-0.25, -0.2) is 4.39 Å². The van der Waals surface area contributed by atoms with E-state index in [1.807, 2.05) is 39.0 Å². The molecule has 5 nitrogen and oxygen atoms in total. The maximum atomic E-state index is 13.2. The third-order valence-electron chi connectivity index (χ3n) is 3.88. The van der Waals surface area contributed by atoms with Crippen molar-refractivity contribution >= 4 is 23.4 Å². The van der Waals surface area contributed by atoms with Crippen LogP contribution in [0.15, 0.2) is 47.6 Å². The molecule has 0 saturated heterocycles. The summed E-state index contributed by atoms with van der Waals surface area (Å²) in [5.41, 5.74) is 3.67. The fourth-order valence-corrected chi connectivity index (χ4v) is 3.31. The van der Waals surface area contributed by atoms with E-state index >= 15 is 0 Å². The van der Waals surface area contributed by atoms with Gasteiger partial charge >= 0.3 is 0 Å². The van der Waals surface area contributed by atoms with Gasteiger partial charge in [0.15, 0.2) is 5.16 Å². The smallest absolute Gasteiger partial charge is 0.234 e. The van der Waals surface area contributed by atoms with Crippen molar-refractivity contribution in [2.24, 2.45) is 0 Å². The van der Waals surface area contributed by atoms with Gasteiger partial charge in [-0.1, -0.05) is 23.9 Å². The van der Waals surface area contributed by atoms with Crippen molar-refractivity contribution in [3.63, 3.8) is 0 Å². The van der Waals surface area contributed by atoms with Gasteiger partial charge < -0.3 is 5.32 Å². The normalized spacial score (nSPS) is 10.8. The van der Waals surface area contributed by atoms with E-state index in [1.165, 1.54) is 23.9 Å². The number of anilines is 1. The van der Waals surface area contributed by atoms with Crippen LogP contribution < -0.4 is 5.32 Å². The number of carbonyl (C=O) groups excluding carboxylic acids is 1. The van der Waals surface area contributed by atoms with Crippen LogP contribution in [0.3, 0.4) is 0 Å². The van der Waals surface area contributed by atoms with Crippen molar-refractivity contribution in [2.45, 2.75) is 25.9 Å². The summed E-state index contributed by atoms with van der Waals surface area (Å²) in [6.45, 7) is 5.76. The topological polar surface area (TPSA) is 59.8 Å². The zero-order valence-corrected chi connectivity index (χ0v) is 15.6. The molecule has 0 fully saturated rings. The predicted molar refractivity (Wildman–Crippen MR) is 101 cm³/mol. The molecule has 0 bridgehead atoms.